The second kappa shape index (κ2) is 6.19. The van der Waals surface area contributed by atoms with Gasteiger partial charge in [0.25, 0.3) is 0 Å². The van der Waals surface area contributed by atoms with E-state index in [2.05, 4.69) is 4.98 Å². The molecule has 2 aromatic carbocycles. The number of rotatable bonds is 3. The maximum atomic E-state index is 13.4. The molecule has 0 fully saturated rings. The maximum Gasteiger partial charge on any atom is 0.450 e. The van der Waals surface area contributed by atoms with Crippen LogP contribution >= 0.6 is 0 Å². The minimum Gasteiger partial charge on any atom is -0.462 e. The van der Waals surface area contributed by atoms with Gasteiger partial charge in [-0.25, -0.2) is 14.2 Å². The van der Waals surface area contributed by atoms with Gasteiger partial charge in [-0.05, 0) is 49.4 Å². The van der Waals surface area contributed by atoms with Crippen LogP contribution in [0.4, 0.5) is 17.6 Å². The Balaban J connectivity index is 2.27. The van der Waals surface area contributed by atoms with E-state index >= 15 is 0 Å². The highest BCUT2D eigenvalue weighted by Gasteiger charge is 2.38. The molecular formula is C17H12F4N2O2. The predicted octanol–water partition coefficient (Wildman–Crippen LogP) is 4.36. The van der Waals surface area contributed by atoms with Gasteiger partial charge in [-0.1, -0.05) is 0 Å². The monoisotopic (exact) mass is 352 g/mol. The van der Waals surface area contributed by atoms with E-state index in [4.69, 9.17) is 4.74 Å². The van der Waals surface area contributed by atoms with Gasteiger partial charge in [-0.3, -0.25) is 4.57 Å². The molecule has 0 radical (unpaired) electrons. The van der Waals surface area contributed by atoms with Crippen LogP contribution in [-0.4, -0.2) is 22.1 Å². The van der Waals surface area contributed by atoms with Gasteiger partial charge in [-0.15, -0.1) is 0 Å². The van der Waals surface area contributed by atoms with Crippen molar-refractivity contribution in [3.05, 3.63) is 59.7 Å². The third kappa shape index (κ3) is 3.19. The van der Waals surface area contributed by atoms with Crippen molar-refractivity contribution >= 4 is 17.0 Å². The number of halogens is 4. The molecular weight excluding hydrogens is 340 g/mol. The fourth-order valence-electron chi connectivity index (χ4n) is 2.46. The zero-order chi connectivity index (χ0) is 18.2. The molecule has 8 heteroatoms. The number of fused-ring (bicyclic) bond motifs is 1. The van der Waals surface area contributed by atoms with Crippen LogP contribution in [0.1, 0.15) is 23.1 Å². The molecule has 0 amide bonds. The summed E-state index contributed by atoms with van der Waals surface area (Å²) in [4.78, 5) is 15.5. The van der Waals surface area contributed by atoms with Gasteiger partial charge in [0.05, 0.1) is 23.2 Å². The van der Waals surface area contributed by atoms with Crippen molar-refractivity contribution in [3.8, 4) is 5.69 Å². The number of alkyl halides is 3. The molecule has 0 aliphatic rings. The lowest BCUT2D eigenvalue weighted by Gasteiger charge is -2.11. The van der Waals surface area contributed by atoms with Crippen molar-refractivity contribution in [2.75, 3.05) is 6.61 Å². The van der Waals surface area contributed by atoms with E-state index in [0.717, 1.165) is 16.7 Å². The summed E-state index contributed by atoms with van der Waals surface area (Å²) < 4.78 is 59.0. The van der Waals surface area contributed by atoms with Gasteiger partial charge >= 0.3 is 12.1 Å². The third-order valence-electron chi connectivity index (χ3n) is 3.50. The lowest BCUT2D eigenvalue weighted by Crippen LogP contribution is -2.14. The van der Waals surface area contributed by atoms with Gasteiger partial charge in [0.15, 0.2) is 0 Å². The van der Waals surface area contributed by atoms with Crippen LogP contribution in [-0.2, 0) is 10.9 Å². The first kappa shape index (κ1) is 16.9. The van der Waals surface area contributed by atoms with E-state index in [0.29, 0.717) is 0 Å². The number of esters is 1. The smallest absolute Gasteiger partial charge is 0.450 e. The number of benzene rings is 2. The SMILES string of the molecule is CCOC(=O)c1ccc2nc(C(F)(F)F)n(-c3ccc(F)cc3)c2c1. The van der Waals surface area contributed by atoms with E-state index in [-0.39, 0.29) is 28.9 Å². The van der Waals surface area contributed by atoms with Crippen molar-refractivity contribution in [2.45, 2.75) is 13.1 Å². The normalized spacial score (nSPS) is 11.7. The first-order valence-corrected chi connectivity index (χ1v) is 7.34. The van der Waals surface area contributed by atoms with Gasteiger partial charge in [-0.2, -0.15) is 13.2 Å². The Morgan fingerprint density at radius 3 is 2.44 bits per heavy atom. The number of hydrogen-bond acceptors (Lipinski definition) is 3. The summed E-state index contributed by atoms with van der Waals surface area (Å²) >= 11 is 0. The number of carbonyl (C=O) groups is 1. The molecule has 0 saturated heterocycles. The molecule has 0 bridgehead atoms. The largest absolute Gasteiger partial charge is 0.462 e. The lowest BCUT2D eigenvalue weighted by atomic mass is 10.2. The Kier molecular flexibility index (Phi) is 4.20. The minimum atomic E-state index is -4.72. The number of aromatic nitrogens is 2. The first-order valence-electron chi connectivity index (χ1n) is 7.34. The summed E-state index contributed by atoms with van der Waals surface area (Å²) in [6, 6.07) is 8.47. The third-order valence-corrected chi connectivity index (χ3v) is 3.50. The molecule has 0 atom stereocenters. The van der Waals surface area contributed by atoms with Crippen molar-refractivity contribution in [2.24, 2.45) is 0 Å². The lowest BCUT2D eigenvalue weighted by molar-refractivity contribution is -0.145. The van der Waals surface area contributed by atoms with Gasteiger partial charge in [0.1, 0.15) is 5.82 Å². The van der Waals surface area contributed by atoms with E-state index < -0.39 is 23.8 Å². The van der Waals surface area contributed by atoms with Crippen LogP contribution in [0.2, 0.25) is 0 Å². The van der Waals surface area contributed by atoms with Gasteiger partial charge in [0, 0.05) is 5.69 Å². The number of nitrogens with zero attached hydrogens (tertiary/aromatic N) is 2. The van der Waals surface area contributed by atoms with Crippen LogP contribution in [0, 0.1) is 5.82 Å². The molecule has 130 valence electrons. The molecule has 1 heterocycles. The maximum absolute atomic E-state index is 13.4. The van der Waals surface area contributed by atoms with Crippen molar-refractivity contribution in [3.63, 3.8) is 0 Å². The number of hydrogen-bond donors (Lipinski definition) is 0. The highest BCUT2D eigenvalue weighted by atomic mass is 19.4. The number of carbonyl (C=O) groups excluding carboxylic acids is 1. The topological polar surface area (TPSA) is 44.1 Å². The molecule has 1 aromatic heterocycles. The predicted molar refractivity (Wildman–Crippen MR) is 82.0 cm³/mol. The Morgan fingerprint density at radius 2 is 1.84 bits per heavy atom. The minimum absolute atomic E-state index is 0.0599. The van der Waals surface area contributed by atoms with E-state index in [1.807, 2.05) is 0 Å². The second-order valence-electron chi connectivity index (χ2n) is 5.17. The van der Waals surface area contributed by atoms with Crippen molar-refractivity contribution in [1.29, 1.82) is 0 Å². The summed E-state index contributed by atoms with van der Waals surface area (Å²) in [5.41, 5.74) is 0.317. The molecule has 0 saturated carbocycles. The van der Waals surface area contributed by atoms with Crippen LogP contribution in [0.5, 0.6) is 0 Å². The summed E-state index contributed by atoms with van der Waals surface area (Å²) in [5.74, 6) is -2.38. The van der Waals surface area contributed by atoms with E-state index in [9.17, 15) is 22.4 Å². The van der Waals surface area contributed by atoms with E-state index in [1.165, 1.54) is 30.3 Å². The van der Waals surface area contributed by atoms with E-state index in [1.54, 1.807) is 6.92 Å². The summed E-state index contributed by atoms with van der Waals surface area (Å²) in [6.45, 7) is 1.77. The first-order chi connectivity index (χ1) is 11.8. The fraction of sp³-hybridized carbons (Fsp3) is 0.176. The molecule has 0 unspecified atom stereocenters. The second-order valence-corrected chi connectivity index (χ2v) is 5.17. The Labute approximate surface area is 139 Å². The molecule has 0 aliphatic carbocycles. The summed E-state index contributed by atoms with van der Waals surface area (Å²) in [6.07, 6.45) is -4.72. The zero-order valence-electron chi connectivity index (χ0n) is 13.0. The molecule has 4 nitrogen and oxygen atoms in total. The standard InChI is InChI=1S/C17H12F4N2O2/c1-2-25-15(24)10-3-8-13-14(9-10)23(16(22-13)17(19,20)21)12-6-4-11(18)5-7-12/h3-9H,2H2,1H3. The molecule has 3 aromatic rings. The molecule has 25 heavy (non-hydrogen) atoms. The van der Waals surface area contributed by atoms with Crippen LogP contribution in [0.15, 0.2) is 42.5 Å². The highest BCUT2D eigenvalue weighted by Crippen LogP contribution is 2.34. The molecule has 0 N–H and O–H groups in total. The molecule has 3 rings (SSSR count). The van der Waals surface area contributed by atoms with Crippen LogP contribution < -0.4 is 0 Å². The fourth-order valence-corrected chi connectivity index (χ4v) is 2.46. The van der Waals surface area contributed by atoms with Crippen molar-refractivity contribution in [1.82, 2.24) is 9.55 Å². The van der Waals surface area contributed by atoms with Crippen LogP contribution in [0.3, 0.4) is 0 Å². The summed E-state index contributed by atoms with van der Waals surface area (Å²) in [5, 5.41) is 0. The Hall–Kier alpha value is -2.90. The summed E-state index contributed by atoms with van der Waals surface area (Å²) in [7, 11) is 0. The molecule has 0 spiro atoms. The average molecular weight is 352 g/mol. The Bertz CT molecular complexity index is 930. The van der Waals surface area contributed by atoms with Gasteiger partial charge in [0.2, 0.25) is 5.82 Å². The van der Waals surface area contributed by atoms with Gasteiger partial charge < -0.3 is 4.74 Å². The zero-order valence-corrected chi connectivity index (χ0v) is 13.0. The molecule has 0 aliphatic heterocycles. The Morgan fingerprint density at radius 1 is 1.16 bits per heavy atom. The van der Waals surface area contributed by atoms with Crippen LogP contribution in [0.25, 0.3) is 16.7 Å². The average Bonchev–Trinajstić information content (AvgIpc) is 2.95. The number of imidazole rings is 1. The van der Waals surface area contributed by atoms with Crippen molar-refractivity contribution < 1.29 is 27.1 Å². The quantitative estimate of drug-likeness (QED) is 0.520. The highest BCUT2D eigenvalue weighted by molar-refractivity contribution is 5.94. The number of ether oxygens (including phenoxy) is 1.